The first-order chi connectivity index (χ1) is 12.4. The normalized spacial score (nSPS) is 17.3. The fraction of sp³-hybridized carbons (Fsp3) is 0.294. The third-order valence-electron chi connectivity index (χ3n) is 4.04. The molecule has 26 heavy (non-hydrogen) atoms. The number of Topliss-reactive ketones (excluding diaryl/α,β-unsaturated/α-hetero) is 1. The highest BCUT2D eigenvalue weighted by Gasteiger charge is 2.46. The van der Waals surface area contributed by atoms with Gasteiger partial charge in [-0.25, -0.2) is 0 Å². The van der Waals surface area contributed by atoms with Crippen LogP contribution in [0.1, 0.15) is 25.5 Å². The van der Waals surface area contributed by atoms with Crippen LogP contribution in [0.15, 0.2) is 35.0 Å². The smallest absolute Gasteiger partial charge is 0.296 e. The topological polar surface area (TPSA) is 92.6 Å². The largest absolute Gasteiger partial charge is 0.503 e. The zero-order valence-electron chi connectivity index (χ0n) is 14.3. The number of aliphatic hydroxyl groups is 1. The first-order valence-corrected chi connectivity index (χ1v) is 9.03. The third-order valence-corrected chi connectivity index (χ3v) is 5.03. The fourth-order valence-corrected chi connectivity index (χ4v) is 3.66. The minimum absolute atomic E-state index is 0.0291. The van der Waals surface area contributed by atoms with Crippen LogP contribution < -0.4 is 9.64 Å². The number of hydrogen-bond acceptors (Lipinski definition) is 7. The van der Waals surface area contributed by atoms with Crippen molar-refractivity contribution in [2.24, 2.45) is 5.92 Å². The van der Waals surface area contributed by atoms with Crippen LogP contribution in [0.2, 0.25) is 5.02 Å². The number of ether oxygens (including phenoxy) is 1. The van der Waals surface area contributed by atoms with E-state index in [0.717, 1.165) is 11.3 Å². The van der Waals surface area contributed by atoms with Gasteiger partial charge < -0.3 is 9.84 Å². The van der Waals surface area contributed by atoms with Crippen molar-refractivity contribution in [2.75, 3.05) is 12.0 Å². The van der Waals surface area contributed by atoms with E-state index in [-0.39, 0.29) is 16.5 Å². The predicted octanol–water partition coefficient (Wildman–Crippen LogP) is 3.33. The van der Waals surface area contributed by atoms with Crippen LogP contribution in [0.3, 0.4) is 0 Å². The maximum atomic E-state index is 12.7. The summed E-state index contributed by atoms with van der Waals surface area (Å²) in [5, 5.41) is 18.7. The summed E-state index contributed by atoms with van der Waals surface area (Å²) in [4.78, 5) is 26.7. The Bertz CT molecular complexity index is 895. The molecule has 1 N–H and O–H groups in total. The van der Waals surface area contributed by atoms with E-state index in [1.807, 2.05) is 0 Å². The third kappa shape index (κ3) is 2.95. The molecule has 1 amide bonds. The molecule has 1 aliphatic heterocycles. The van der Waals surface area contributed by atoms with Crippen molar-refractivity contribution in [3.63, 3.8) is 0 Å². The van der Waals surface area contributed by atoms with Gasteiger partial charge in [0.05, 0.1) is 23.7 Å². The number of amides is 1. The minimum atomic E-state index is -0.839. The Morgan fingerprint density at radius 1 is 1.42 bits per heavy atom. The highest BCUT2D eigenvalue weighted by atomic mass is 35.5. The first kappa shape index (κ1) is 18.3. The summed E-state index contributed by atoms with van der Waals surface area (Å²) in [5.41, 5.74) is 2.06. The maximum absolute atomic E-state index is 12.7. The molecule has 0 saturated carbocycles. The molecule has 3 rings (SSSR count). The molecule has 7 nitrogen and oxygen atoms in total. The summed E-state index contributed by atoms with van der Waals surface area (Å²) < 4.78 is 5.16. The van der Waals surface area contributed by atoms with Crippen molar-refractivity contribution in [1.82, 2.24) is 10.2 Å². The number of anilines is 1. The lowest BCUT2D eigenvalue weighted by Gasteiger charge is -2.25. The van der Waals surface area contributed by atoms with E-state index in [2.05, 4.69) is 10.2 Å². The number of methoxy groups -OCH3 is 1. The average Bonchev–Trinajstić information content (AvgIpc) is 3.21. The lowest BCUT2D eigenvalue weighted by molar-refractivity contribution is -0.119. The summed E-state index contributed by atoms with van der Waals surface area (Å²) in [6, 6.07) is 4.11. The molecule has 1 unspecified atom stereocenters. The van der Waals surface area contributed by atoms with E-state index < -0.39 is 23.6 Å². The zero-order chi connectivity index (χ0) is 19.0. The molecule has 0 spiro atoms. The number of rotatable bonds is 5. The summed E-state index contributed by atoms with van der Waals surface area (Å²) in [6.07, 6.45) is 0. The van der Waals surface area contributed by atoms with Crippen LogP contribution >= 0.6 is 22.9 Å². The van der Waals surface area contributed by atoms with Gasteiger partial charge in [0.15, 0.2) is 11.5 Å². The van der Waals surface area contributed by atoms with E-state index in [4.69, 9.17) is 16.3 Å². The zero-order valence-corrected chi connectivity index (χ0v) is 15.8. The molecule has 0 aliphatic carbocycles. The number of hydrogen-bond donors (Lipinski definition) is 1. The van der Waals surface area contributed by atoms with Crippen LogP contribution in [0.5, 0.6) is 5.75 Å². The molecule has 1 aromatic heterocycles. The van der Waals surface area contributed by atoms with Crippen LogP contribution in [0.4, 0.5) is 5.13 Å². The monoisotopic (exact) mass is 393 g/mol. The first-order valence-electron chi connectivity index (χ1n) is 7.77. The molecule has 9 heteroatoms. The average molecular weight is 394 g/mol. The molecule has 0 fully saturated rings. The molecule has 0 saturated heterocycles. The molecule has 136 valence electrons. The summed E-state index contributed by atoms with van der Waals surface area (Å²) in [6.45, 7) is 3.41. The van der Waals surface area contributed by atoms with Crippen molar-refractivity contribution in [3.8, 4) is 5.75 Å². The van der Waals surface area contributed by atoms with Crippen LogP contribution in [-0.4, -0.2) is 34.1 Å². The number of ketones is 1. The van der Waals surface area contributed by atoms with E-state index in [9.17, 15) is 14.7 Å². The number of carbonyl (C=O) groups is 2. The summed E-state index contributed by atoms with van der Waals surface area (Å²) in [5.74, 6) is -1.52. The quantitative estimate of drug-likeness (QED) is 0.837. The van der Waals surface area contributed by atoms with E-state index in [1.165, 1.54) is 17.5 Å². The van der Waals surface area contributed by atoms with Crippen molar-refractivity contribution in [1.29, 1.82) is 0 Å². The fourth-order valence-electron chi connectivity index (χ4n) is 2.81. The van der Waals surface area contributed by atoms with Gasteiger partial charge in [0.2, 0.25) is 5.13 Å². The Hall–Kier alpha value is -2.45. The molecule has 1 atom stereocenters. The molecule has 0 radical (unpaired) electrons. The van der Waals surface area contributed by atoms with E-state index in [0.29, 0.717) is 16.3 Å². The van der Waals surface area contributed by atoms with Gasteiger partial charge >= 0.3 is 0 Å². The Morgan fingerprint density at radius 2 is 2.15 bits per heavy atom. The summed E-state index contributed by atoms with van der Waals surface area (Å²) in [7, 11) is 1.49. The second kappa shape index (κ2) is 7.05. The van der Waals surface area contributed by atoms with Crippen molar-refractivity contribution in [3.05, 3.63) is 45.6 Å². The van der Waals surface area contributed by atoms with Crippen molar-refractivity contribution >= 4 is 39.8 Å². The van der Waals surface area contributed by atoms with E-state index in [1.54, 1.807) is 32.0 Å². The minimum Gasteiger partial charge on any atom is -0.503 e. The molecular weight excluding hydrogens is 378 g/mol. The second-order valence-corrected chi connectivity index (χ2v) is 7.19. The number of nitrogens with zero attached hydrogens (tertiary/aromatic N) is 3. The molecule has 2 heterocycles. The second-order valence-electron chi connectivity index (χ2n) is 5.97. The van der Waals surface area contributed by atoms with Crippen LogP contribution in [0, 0.1) is 5.92 Å². The van der Waals surface area contributed by atoms with Crippen molar-refractivity contribution in [2.45, 2.75) is 19.9 Å². The molecule has 2 aromatic rings. The summed E-state index contributed by atoms with van der Waals surface area (Å²) >= 11 is 7.36. The predicted molar refractivity (Wildman–Crippen MR) is 97.6 cm³/mol. The number of aliphatic hydroxyl groups excluding tert-OH is 1. The Morgan fingerprint density at radius 3 is 2.69 bits per heavy atom. The lowest BCUT2D eigenvalue weighted by atomic mass is 9.91. The molecule has 1 aliphatic rings. The Kier molecular flexibility index (Phi) is 4.97. The van der Waals surface area contributed by atoms with Crippen LogP contribution in [0.25, 0.3) is 0 Å². The Labute approximate surface area is 158 Å². The Balaban J connectivity index is 2.18. The van der Waals surface area contributed by atoms with Gasteiger partial charge in [0, 0.05) is 5.92 Å². The number of halogens is 1. The molecule has 1 aromatic carbocycles. The maximum Gasteiger partial charge on any atom is 0.296 e. The highest BCUT2D eigenvalue weighted by Crippen LogP contribution is 2.43. The standard InChI is InChI=1S/C17H16ClN3O4S/c1-8(2)14(22)12-13(9-4-5-11(25-3)10(18)6-9)21(16(24)15(12)23)17-20-19-7-26-17/h4-8,13,23H,1-3H3. The van der Waals surface area contributed by atoms with E-state index >= 15 is 0 Å². The number of carbonyl (C=O) groups excluding carboxylic acids is 2. The highest BCUT2D eigenvalue weighted by molar-refractivity contribution is 7.13. The van der Waals surface area contributed by atoms with Crippen molar-refractivity contribution < 1.29 is 19.4 Å². The van der Waals surface area contributed by atoms with Gasteiger partial charge in [0.25, 0.3) is 5.91 Å². The van der Waals surface area contributed by atoms with Gasteiger partial charge in [-0.3, -0.25) is 14.5 Å². The van der Waals surface area contributed by atoms with Gasteiger partial charge in [-0.2, -0.15) is 0 Å². The number of aromatic nitrogens is 2. The van der Waals surface area contributed by atoms with Crippen LogP contribution in [-0.2, 0) is 9.59 Å². The lowest BCUT2D eigenvalue weighted by Crippen LogP contribution is -2.31. The van der Waals surface area contributed by atoms with Gasteiger partial charge in [0.1, 0.15) is 11.3 Å². The molecular formula is C17H16ClN3O4S. The van der Waals surface area contributed by atoms with Gasteiger partial charge in [-0.1, -0.05) is 42.9 Å². The molecule has 0 bridgehead atoms. The van der Waals surface area contributed by atoms with Gasteiger partial charge in [-0.05, 0) is 17.7 Å². The van der Waals surface area contributed by atoms with Gasteiger partial charge in [-0.15, -0.1) is 10.2 Å². The SMILES string of the molecule is COc1ccc(C2C(C(=O)C(C)C)=C(O)C(=O)N2c2nncs2)cc1Cl. The number of benzene rings is 1.